The van der Waals surface area contributed by atoms with Gasteiger partial charge in [0.2, 0.25) is 10.0 Å². The number of ketones is 1. The summed E-state index contributed by atoms with van der Waals surface area (Å²) in [5.41, 5.74) is 0.842. The van der Waals surface area contributed by atoms with Crippen molar-refractivity contribution in [3.63, 3.8) is 0 Å². The Morgan fingerprint density at radius 3 is 2.35 bits per heavy atom. The van der Waals surface area contributed by atoms with Gasteiger partial charge in [0.05, 0.1) is 16.7 Å². The monoisotopic (exact) mass is 376 g/mol. The zero-order valence-electron chi connectivity index (χ0n) is 14.6. The number of hydrogen-bond donors (Lipinski definition) is 0. The molecule has 1 aliphatic rings. The van der Waals surface area contributed by atoms with E-state index >= 15 is 0 Å². The number of aryl methyl sites for hydroxylation is 1. The molecule has 0 spiro atoms. The van der Waals surface area contributed by atoms with Crippen LogP contribution in [-0.4, -0.2) is 65.3 Å². The van der Waals surface area contributed by atoms with Crippen molar-refractivity contribution in [2.24, 2.45) is 7.05 Å². The fraction of sp³-hybridized carbons (Fsp3) is 0.353. The average molecular weight is 376 g/mol. The largest absolute Gasteiger partial charge is 0.336 e. The molecule has 2 heterocycles. The van der Waals surface area contributed by atoms with Gasteiger partial charge in [0.15, 0.2) is 5.78 Å². The van der Waals surface area contributed by atoms with Crippen LogP contribution in [0.5, 0.6) is 0 Å². The molecule has 0 radical (unpaired) electrons. The molecule has 138 valence electrons. The van der Waals surface area contributed by atoms with E-state index in [1.54, 1.807) is 35.0 Å². The highest BCUT2D eigenvalue weighted by molar-refractivity contribution is 7.89. The van der Waals surface area contributed by atoms with Crippen LogP contribution in [0.15, 0.2) is 41.6 Å². The zero-order chi connectivity index (χ0) is 18.9. The quantitative estimate of drug-likeness (QED) is 0.735. The summed E-state index contributed by atoms with van der Waals surface area (Å²) in [6, 6.07) is 6.03. The third-order valence-corrected chi connectivity index (χ3v) is 6.25. The number of amides is 1. The zero-order valence-corrected chi connectivity index (χ0v) is 15.4. The minimum Gasteiger partial charge on any atom is -0.336 e. The Labute approximate surface area is 152 Å². The van der Waals surface area contributed by atoms with Crippen LogP contribution >= 0.6 is 0 Å². The first kappa shape index (κ1) is 18.3. The first-order chi connectivity index (χ1) is 12.3. The van der Waals surface area contributed by atoms with Gasteiger partial charge < -0.3 is 4.90 Å². The maximum absolute atomic E-state index is 12.8. The SMILES string of the molecule is CC(=O)c1cccc(S(=O)(=O)N2CCN(C(=O)c3cnn(C)c3)CC2)c1. The molecule has 1 aromatic heterocycles. The molecule has 0 aliphatic carbocycles. The van der Waals surface area contributed by atoms with E-state index in [0.29, 0.717) is 24.2 Å². The van der Waals surface area contributed by atoms with E-state index < -0.39 is 10.0 Å². The van der Waals surface area contributed by atoms with E-state index in [1.807, 2.05) is 0 Å². The van der Waals surface area contributed by atoms with E-state index in [2.05, 4.69) is 5.10 Å². The predicted octanol–water partition coefficient (Wildman–Crippen LogP) is 0.769. The Hall–Kier alpha value is -2.52. The van der Waals surface area contributed by atoms with Crippen molar-refractivity contribution in [3.8, 4) is 0 Å². The number of hydrogen-bond acceptors (Lipinski definition) is 5. The van der Waals surface area contributed by atoms with Crippen molar-refractivity contribution < 1.29 is 18.0 Å². The van der Waals surface area contributed by atoms with Crippen LogP contribution in [0, 0.1) is 0 Å². The van der Waals surface area contributed by atoms with Gasteiger partial charge in [-0.3, -0.25) is 14.3 Å². The number of nitrogens with zero attached hydrogens (tertiary/aromatic N) is 4. The molecule has 3 rings (SSSR count). The number of rotatable bonds is 4. The van der Waals surface area contributed by atoms with Crippen LogP contribution in [0.4, 0.5) is 0 Å². The Kier molecular flexibility index (Phi) is 4.92. The van der Waals surface area contributed by atoms with Crippen LogP contribution < -0.4 is 0 Å². The summed E-state index contributed by atoms with van der Waals surface area (Å²) >= 11 is 0. The number of Topliss-reactive ketones (excluding diaryl/α,β-unsaturated/α-hetero) is 1. The molecule has 1 fully saturated rings. The van der Waals surface area contributed by atoms with E-state index in [0.717, 1.165) is 0 Å². The van der Waals surface area contributed by atoms with Crippen molar-refractivity contribution in [1.82, 2.24) is 19.0 Å². The summed E-state index contributed by atoms with van der Waals surface area (Å²) in [4.78, 5) is 25.6. The Morgan fingerprint density at radius 2 is 1.77 bits per heavy atom. The summed E-state index contributed by atoms with van der Waals surface area (Å²) in [6.45, 7) is 2.42. The summed E-state index contributed by atoms with van der Waals surface area (Å²) in [7, 11) is -1.97. The number of sulfonamides is 1. The van der Waals surface area contributed by atoms with Gasteiger partial charge in [0.1, 0.15) is 0 Å². The molecule has 0 saturated carbocycles. The molecule has 1 aliphatic heterocycles. The van der Waals surface area contributed by atoms with Crippen LogP contribution in [0.1, 0.15) is 27.6 Å². The molecule has 0 atom stereocenters. The predicted molar refractivity (Wildman–Crippen MR) is 94.3 cm³/mol. The summed E-state index contributed by atoms with van der Waals surface area (Å²) in [6.07, 6.45) is 3.14. The number of benzene rings is 1. The first-order valence-corrected chi connectivity index (χ1v) is 9.62. The second-order valence-corrected chi connectivity index (χ2v) is 8.12. The third-order valence-electron chi connectivity index (χ3n) is 4.36. The Morgan fingerprint density at radius 1 is 1.08 bits per heavy atom. The Bertz CT molecular complexity index is 943. The minimum absolute atomic E-state index is 0.0947. The van der Waals surface area contributed by atoms with Crippen molar-refractivity contribution in [2.75, 3.05) is 26.2 Å². The van der Waals surface area contributed by atoms with Gasteiger partial charge in [-0.1, -0.05) is 12.1 Å². The molecule has 1 amide bonds. The lowest BCUT2D eigenvalue weighted by Crippen LogP contribution is -2.50. The fourth-order valence-corrected chi connectivity index (χ4v) is 4.34. The lowest BCUT2D eigenvalue weighted by Gasteiger charge is -2.33. The number of carbonyl (C=O) groups is 2. The lowest BCUT2D eigenvalue weighted by atomic mass is 10.2. The van der Waals surface area contributed by atoms with Crippen molar-refractivity contribution >= 4 is 21.7 Å². The number of carbonyl (C=O) groups excluding carboxylic acids is 2. The highest BCUT2D eigenvalue weighted by Gasteiger charge is 2.31. The maximum atomic E-state index is 12.8. The van der Waals surface area contributed by atoms with Crippen LogP contribution in [0.3, 0.4) is 0 Å². The minimum atomic E-state index is -3.70. The van der Waals surface area contributed by atoms with Crippen LogP contribution in [-0.2, 0) is 17.1 Å². The highest BCUT2D eigenvalue weighted by Crippen LogP contribution is 2.20. The van der Waals surface area contributed by atoms with Crippen molar-refractivity contribution in [2.45, 2.75) is 11.8 Å². The molecule has 0 bridgehead atoms. The summed E-state index contributed by atoms with van der Waals surface area (Å²) in [5.74, 6) is -0.345. The number of piperazine rings is 1. The molecule has 26 heavy (non-hydrogen) atoms. The van der Waals surface area contributed by atoms with E-state index in [4.69, 9.17) is 0 Å². The smallest absolute Gasteiger partial charge is 0.257 e. The molecule has 0 N–H and O–H groups in total. The average Bonchev–Trinajstić information content (AvgIpc) is 3.07. The van der Waals surface area contributed by atoms with Crippen LogP contribution in [0.25, 0.3) is 0 Å². The summed E-state index contributed by atoms with van der Waals surface area (Å²) in [5, 5.41) is 3.98. The first-order valence-electron chi connectivity index (χ1n) is 8.18. The molecule has 0 unspecified atom stereocenters. The van der Waals surface area contributed by atoms with E-state index in [1.165, 1.54) is 29.6 Å². The lowest BCUT2D eigenvalue weighted by molar-refractivity contribution is 0.0697. The molecular weight excluding hydrogens is 356 g/mol. The van der Waals surface area contributed by atoms with E-state index in [-0.39, 0.29) is 29.7 Å². The van der Waals surface area contributed by atoms with Gasteiger partial charge in [-0.25, -0.2) is 8.42 Å². The van der Waals surface area contributed by atoms with Gasteiger partial charge in [0, 0.05) is 45.0 Å². The summed E-state index contributed by atoms with van der Waals surface area (Å²) < 4.78 is 28.5. The molecule has 8 nitrogen and oxygen atoms in total. The Balaban J connectivity index is 1.72. The van der Waals surface area contributed by atoms with Crippen molar-refractivity contribution in [1.29, 1.82) is 0 Å². The maximum Gasteiger partial charge on any atom is 0.257 e. The second kappa shape index (κ2) is 7.00. The fourth-order valence-electron chi connectivity index (χ4n) is 2.87. The van der Waals surface area contributed by atoms with Gasteiger partial charge in [0.25, 0.3) is 5.91 Å². The molecule has 9 heteroatoms. The van der Waals surface area contributed by atoms with Gasteiger partial charge in [-0.05, 0) is 19.1 Å². The molecule has 1 saturated heterocycles. The third kappa shape index (κ3) is 3.54. The number of aromatic nitrogens is 2. The second-order valence-electron chi connectivity index (χ2n) is 6.18. The van der Waals surface area contributed by atoms with Crippen LogP contribution in [0.2, 0.25) is 0 Å². The van der Waals surface area contributed by atoms with Gasteiger partial charge >= 0.3 is 0 Å². The molecule has 1 aromatic carbocycles. The van der Waals surface area contributed by atoms with Gasteiger partial charge in [-0.15, -0.1) is 0 Å². The molecular formula is C17H20N4O4S. The van der Waals surface area contributed by atoms with E-state index in [9.17, 15) is 18.0 Å². The highest BCUT2D eigenvalue weighted by atomic mass is 32.2. The molecule has 2 aromatic rings. The van der Waals surface area contributed by atoms with Gasteiger partial charge in [-0.2, -0.15) is 9.40 Å². The normalized spacial score (nSPS) is 15.8. The van der Waals surface area contributed by atoms with Crippen molar-refractivity contribution in [3.05, 3.63) is 47.8 Å². The topological polar surface area (TPSA) is 92.6 Å². The standard InChI is InChI=1S/C17H20N4O4S/c1-13(22)14-4-3-5-16(10-14)26(24,25)21-8-6-20(7-9-21)17(23)15-11-18-19(2)12-15/h3-5,10-12H,6-9H2,1-2H3.